The molecule has 14 heavy (non-hydrogen) atoms. The van der Waals surface area contributed by atoms with Gasteiger partial charge in [0.05, 0.1) is 0 Å². The Labute approximate surface area is 92.9 Å². The summed E-state index contributed by atoms with van der Waals surface area (Å²) in [7, 11) is 0. The fourth-order valence-corrected chi connectivity index (χ4v) is 0. The maximum Gasteiger partial charge on any atom is 0.0383 e. The molecule has 0 atom stereocenters. The first-order valence-corrected chi connectivity index (χ1v) is 2.72. The number of carboxylic acids is 3. The molecule has 0 fully saturated rings. The van der Waals surface area contributed by atoms with Gasteiger partial charge >= 0.3 is 0 Å². The van der Waals surface area contributed by atoms with Crippen molar-refractivity contribution in [3.8, 4) is 0 Å². The van der Waals surface area contributed by atoms with Crippen LogP contribution in [0.2, 0.25) is 0 Å². The third-order valence-electron chi connectivity index (χ3n) is 0. The molecule has 0 rings (SSSR count). The maximum absolute atomic E-state index is 8.89. The summed E-state index contributed by atoms with van der Waals surface area (Å²) >= 11 is 0. The van der Waals surface area contributed by atoms with Crippen molar-refractivity contribution in [2.75, 3.05) is 0 Å². The molecule has 0 aromatic heterocycles. The van der Waals surface area contributed by atoms with Crippen LogP contribution in [-0.4, -0.2) is 23.4 Å². The minimum Gasteiger partial charge on any atom is -0.550 e. The molecular weight excluding hydrogens is 235 g/mol. The number of aliphatic carboxylic acids is 3. The SMILES string of the molecule is CC(=O)[O-].CC(=O)[O-].CC(=O)[O-].O.[V]. The number of carboxylic acid groups (broad SMARTS) is 3. The predicted molar refractivity (Wildman–Crippen MR) is 35.7 cm³/mol. The molecule has 0 aromatic carbocycles. The van der Waals surface area contributed by atoms with Crippen LogP contribution < -0.4 is 15.3 Å². The van der Waals surface area contributed by atoms with E-state index in [9.17, 15) is 0 Å². The number of hydrogen-bond donors (Lipinski definition) is 0. The Bertz CT molecular complexity index is 116. The average molecular weight is 246 g/mol. The molecule has 0 aliphatic rings. The molecule has 85 valence electrons. The van der Waals surface area contributed by atoms with Gasteiger partial charge in [0.2, 0.25) is 0 Å². The molecule has 0 spiro atoms. The Morgan fingerprint density at radius 2 is 0.714 bits per heavy atom. The third kappa shape index (κ3) is 993. The number of carbonyl (C=O) groups excluding carboxylic acids is 3. The summed E-state index contributed by atoms with van der Waals surface area (Å²) in [5.74, 6) is -3.25. The Balaban J connectivity index is -0.0000000270. The summed E-state index contributed by atoms with van der Waals surface area (Å²) in [6, 6.07) is 0. The minimum absolute atomic E-state index is 0. The zero-order valence-electron chi connectivity index (χ0n) is 7.90. The molecule has 0 aliphatic heterocycles. The molecule has 0 amide bonds. The van der Waals surface area contributed by atoms with Gasteiger partial charge in [-0.05, 0) is 20.8 Å². The van der Waals surface area contributed by atoms with Gasteiger partial charge in [0, 0.05) is 36.5 Å². The first kappa shape index (κ1) is 29.3. The molecule has 2 N–H and O–H groups in total. The monoisotopic (exact) mass is 246 g/mol. The fourth-order valence-electron chi connectivity index (χ4n) is 0. The summed E-state index contributed by atoms with van der Waals surface area (Å²) in [4.78, 5) is 26.7. The first-order chi connectivity index (χ1) is 5.20. The van der Waals surface area contributed by atoms with Crippen LogP contribution in [0.5, 0.6) is 0 Å². The molecule has 8 heteroatoms. The summed E-state index contributed by atoms with van der Waals surface area (Å²) in [5, 5.41) is 26.7. The quantitative estimate of drug-likeness (QED) is 0.419. The van der Waals surface area contributed by atoms with E-state index in [-0.39, 0.29) is 24.0 Å². The molecule has 7 nitrogen and oxygen atoms in total. The van der Waals surface area contributed by atoms with Crippen molar-refractivity contribution in [3.63, 3.8) is 0 Å². The van der Waals surface area contributed by atoms with Crippen LogP contribution in [0.15, 0.2) is 0 Å². The molecule has 0 saturated heterocycles. The van der Waals surface area contributed by atoms with E-state index >= 15 is 0 Å². The topological polar surface area (TPSA) is 152 Å². The van der Waals surface area contributed by atoms with Gasteiger partial charge in [-0.2, -0.15) is 0 Å². The first-order valence-electron chi connectivity index (χ1n) is 2.72. The van der Waals surface area contributed by atoms with Gasteiger partial charge in [-0.1, -0.05) is 0 Å². The summed E-state index contributed by atoms with van der Waals surface area (Å²) in [5.41, 5.74) is 0. The molecule has 0 aromatic rings. The zero-order chi connectivity index (χ0) is 10.7. The predicted octanol–water partition coefficient (Wildman–Crippen LogP) is -4.56. The molecule has 0 unspecified atom stereocenters. The normalized spacial score (nSPS) is 5.36. The molecule has 0 aliphatic carbocycles. The number of hydrogen-bond acceptors (Lipinski definition) is 6. The van der Waals surface area contributed by atoms with Crippen molar-refractivity contribution in [1.29, 1.82) is 0 Å². The second kappa shape index (κ2) is 22.7. The van der Waals surface area contributed by atoms with Crippen LogP contribution >= 0.6 is 0 Å². The van der Waals surface area contributed by atoms with Crippen LogP contribution in [0, 0.1) is 0 Å². The van der Waals surface area contributed by atoms with Gasteiger partial charge in [-0.25, -0.2) is 0 Å². The zero-order valence-corrected chi connectivity index (χ0v) is 9.29. The molecule has 1 radical (unpaired) electrons. The largest absolute Gasteiger partial charge is 0.550 e. The molecule has 0 saturated carbocycles. The Morgan fingerprint density at radius 3 is 0.714 bits per heavy atom. The van der Waals surface area contributed by atoms with Crippen molar-refractivity contribution in [2.24, 2.45) is 0 Å². The standard InChI is InChI=1S/3C2H4O2.H2O.V/c3*1-2(3)4;;/h3*1H3,(H,3,4);1H2;/p-3. The molecular formula is C6H11O7V-3. The third-order valence-corrected chi connectivity index (χ3v) is 0. The van der Waals surface area contributed by atoms with Crippen molar-refractivity contribution < 1.29 is 53.7 Å². The Kier molecular flexibility index (Phi) is 47.4. The van der Waals surface area contributed by atoms with E-state index in [0.717, 1.165) is 20.8 Å². The van der Waals surface area contributed by atoms with E-state index in [1.807, 2.05) is 0 Å². The van der Waals surface area contributed by atoms with Gasteiger partial charge in [-0.15, -0.1) is 0 Å². The van der Waals surface area contributed by atoms with Gasteiger partial charge in [0.15, 0.2) is 0 Å². The molecule has 0 bridgehead atoms. The van der Waals surface area contributed by atoms with E-state index in [1.165, 1.54) is 0 Å². The smallest absolute Gasteiger partial charge is 0.0383 e. The van der Waals surface area contributed by atoms with E-state index in [0.29, 0.717) is 0 Å². The van der Waals surface area contributed by atoms with Crippen molar-refractivity contribution in [2.45, 2.75) is 20.8 Å². The van der Waals surface area contributed by atoms with Crippen LogP contribution in [0.25, 0.3) is 0 Å². The van der Waals surface area contributed by atoms with Gasteiger partial charge in [-0.3, -0.25) is 0 Å². The number of carbonyl (C=O) groups is 3. The van der Waals surface area contributed by atoms with Gasteiger partial charge in [0.1, 0.15) is 0 Å². The van der Waals surface area contributed by atoms with Crippen molar-refractivity contribution >= 4 is 17.9 Å². The number of rotatable bonds is 0. The maximum atomic E-state index is 8.89. The van der Waals surface area contributed by atoms with Gasteiger partial charge in [0.25, 0.3) is 0 Å². The molecule has 0 heterocycles. The van der Waals surface area contributed by atoms with Crippen LogP contribution in [0.4, 0.5) is 0 Å². The van der Waals surface area contributed by atoms with Crippen molar-refractivity contribution in [1.82, 2.24) is 0 Å². The van der Waals surface area contributed by atoms with E-state index in [4.69, 9.17) is 29.7 Å². The Hall–Kier alpha value is -1.05. The second-order valence-electron chi connectivity index (χ2n) is 1.47. The van der Waals surface area contributed by atoms with Crippen LogP contribution in [0.3, 0.4) is 0 Å². The van der Waals surface area contributed by atoms with E-state index in [2.05, 4.69) is 0 Å². The van der Waals surface area contributed by atoms with Crippen molar-refractivity contribution in [3.05, 3.63) is 0 Å². The Morgan fingerprint density at radius 1 is 0.714 bits per heavy atom. The van der Waals surface area contributed by atoms with Gasteiger partial charge < -0.3 is 35.2 Å². The second-order valence-corrected chi connectivity index (χ2v) is 1.47. The van der Waals surface area contributed by atoms with Crippen LogP contribution in [-0.2, 0) is 32.9 Å². The van der Waals surface area contributed by atoms with E-state index < -0.39 is 17.9 Å². The van der Waals surface area contributed by atoms with E-state index in [1.54, 1.807) is 0 Å². The summed E-state index contributed by atoms with van der Waals surface area (Å²) in [6.07, 6.45) is 0. The average Bonchev–Trinajstić information content (AvgIpc) is 1.54. The summed E-state index contributed by atoms with van der Waals surface area (Å²) in [6.45, 7) is 2.92. The minimum atomic E-state index is -1.08. The van der Waals surface area contributed by atoms with Crippen LogP contribution in [0.1, 0.15) is 20.8 Å². The fraction of sp³-hybridized carbons (Fsp3) is 0.500. The summed E-state index contributed by atoms with van der Waals surface area (Å²) < 4.78 is 0.